The minimum absolute atomic E-state index is 1.06. The summed E-state index contributed by atoms with van der Waals surface area (Å²) in [5.74, 6) is 1.06. The Kier molecular flexibility index (Phi) is 2.00. The highest BCUT2D eigenvalue weighted by Crippen LogP contribution is 2.16. The molecule has 0 bridgehead atoms. The molecule has 0 saturated carbocycles. The molecule has 0 unspecified atom stereocenters. The molecule has 2 nitrogen and oxygen atoms in total. The summed E-state index contributed by atoms with van der Waals surface area (Å²) >= 11 is 0. The monoisotopic (exact) mass is 209 g/mol. The van der Waals surface area contributed by atoms with Crippen LogP contribution in [0, 0.1) is 6.92 Å². The van der Waals surface area contributed by atoms with Crippen LogP contribution in [-0.2, 0) is 0 Å². The zero-order valence-corrected chi connectivity index (χ0v) is 9.12. The van der Waals surface area contributed by atoms with Crippen molar-refractivity contribution in [3.8, 4) is 11.4 Å². The van der Waals surface area contributed by atoms with E-state index in [0.717, 1.165) is 16.9 Å². The molecular formula is C14H13N2+. The van der Waals surface area contributed by atoms with Crippen molar-refractivity contribution in [1.82, 2.24) is 4.98 Å². The molecular weight excluding hydrogens is 196 g/mol. The Balaban J connectivity index is 2.15. The number of para-hydroxylation sites is 2. The third-order valence-corrected chi connectivity index (χ3v) is 2.79. The SMILES string of the molecule is Cc1ccc(-c2[nH]c3ccccc3[nH+]2)cc1. The number of rotatable bonds is 1. The Labute approximate surface area is 94.0 Å². The number of aryl methyl sites for hydroxylation is 1. The van der Waals surface area contributed by atoms with Crippen LogP contribution in [0.15, 0.2) is 48.5 Å². The van der Waals surface area contributed by atoms with Crippen molar-refractivity contribution < 1.29 is 4.98 Å². The Morgan fingerprint density at radius 1 is 0.938 bits per heavy atom. The third kappa shape index (κ3) is 1.48. The highest BCUT2D eigenvalue weighted by Gasteiger charge is 2.10. The van der Waals surface area contributed by atoms with Crippen molar-refractivity contribution in [3.05, 3.63) is 54.1 Å². The summed E-state index contributed by atoms with van der Waals surface area (Å²) in [4.78, 5) is 6.75. The molecule has 2 aromatic carbocycles. The van der Waals surface area contributed by atoms with E-state index in [0.29, 0.717) is 0 Å². The maximum atomic E-state index is 3.38. The molecule has 0 saturated heterocycles. The lowest BCUT2D eigenvalue weighted by atomic mass is 10.1. The summed E-state index contributed by atoms with van der Waals surface area (Å²) in [6, 6.07) is 16.7. The highest BCUT2D eigenvalue weighted by molar-refractivity contribution is 5.74. The van der Waals surface area contributed by atoms with E-state index in [2.05, 4.69) is 53.3 Å². The van der Waals surface area contributed by atoms with E-state index >= 15 is 0 Å². The molecule has 16 heavy (non-hydrogen) atoms. The van der Waals surface area contributed by atoms with Crippen LogP contribution >= 0.6 is 0 Å². The Bertz CT molecular complexity index is 588. The van der Waals surface area contributed by atoms with Crippen LogP contribution in [0.2, 0.25) is 0 Å². The minimum Gasteiger partial charge on any atom is -0.237 e. The van der Waals surface area contributed by atoms with Crippen LogP contribution < -0.4 is 4.98 Å². The standard InChI is InChI=1S/C14H12N2/c1-10-6-8-11(9-7-10)14-15-12-4-2-3-5-13(12)16-14/h2-9H,1H3,(H,15,16)/p+1. The number of H-pyrrole nitrogens is 2. The average molecular weight is 209 g/mol. The second-order valence-corrected chi connectivity index (χ2v) is 4.04. The molecule has 0 radical (unpaired) electrons. The van der Waals surface area contributed by atoms with E-state index in [1.54, 1.807) is 0 Å². The van der Waals surface area contributed by atoms with Gasteiger partial charge in [-0.25, -0.2) is 9.97 Å². The fraction of sp³-hybridized carbons (Fsp3) is 0.0714. The van der Waals surface area contributed by atoms with Crippen molar-refractivity contribution >= 4 is 11.0 Å². The summed E-state index contributed by atoms with van der Waals surface area (Å²) in [5, 5.41) is 0. The first-order valence-corrected chi connectivity index (χ1v) is 5.40. The molecule has 0 amide bonds. The van der Waals surface area contributed by atoms with Gasteiger partial charge >= 0.3 is 0 Å². The van der Waals surface area contributed by atoms with Crippen LogP contribution in [-0.4, -0.2) is 4.98 Å². The number of aromatic amines is 2. The van der Waals surface area contributed by atoms with Gasteiger partial charge in [0.2, 0.25) is 0 Å². The van der Waals surface area contributed by atoms with E-state index in [1.807, 2.05) is 12.1 Å². The topological polar surface area (TPSA) is 29.9 Å². The van der Waals surface area contributed by atoms with Gasteiger partial charge < -0.3 is 0 Å². The number of benzene rings is 2. The lowest BCUT2D eigenvalue weighted by Crippen LogP contribution is -2.01. The molecule has 0 aliphatic rings. The Hall–Kier alpha value is -2.09. The van der Waals surface area contributed by atoms with E-state index in [4.69, 9.17) is 0 Å². The van der Waals surface area contributed by atoms with Crippen LogP contribution in [0.1, 0.15) is 5.56 Å². The summed E-state index contributed by atoms with van der Waals surface area (Å²) in [5.41, 5.74) is 4.73. The van der Waals surface area contributed by atoms with Crippen LogP contribution in [0.5, 0.6) is 0 Å². The predicted molar refractivity (Wildman–Crippen MR) is 65.0 cm³/mol. The maximum absolute atomic E-state index is 3.38. The molecule has 1 aromatic heterocycles. The number of nitrogens with one attached hydrogen (secondary N) is 2. The van der Waals surface area contributed by atoms with Crippen molar-refractivity contribution in [2.75, 3.05) is 0 Å². The summed E-state index contributed by atoms with van der Waals surface area (Å²) in [6.45, 7) is 2.10. The van der Waals surface area contributed by atoms with Gasteiger partial charge in [0.15, 0.2) is 11.0 Å². The van der Waals surface area contributed by atoms with Crippen molar-refractivity contribution in [2.45, 2.75) is 6.92 Å². The smallest absolute Gasteiger partial charge is 0.237 e. The molecule has 0 spiro atoms. The lowest BCUT2D eigenvalue weighted by molar-refractivity contribution is -0.330. The number of aromatic nitrogens is 2. The summed E-state index contributed by atoms with van der Waals surface area (Å²) in [6.07, 6.45) is 0. The van der Waals surface area contributed by atoms with Crippen LogP contribution in [0.4, 0.5) is 0 Å². The third-order valence-electron chi connectivity index (χ3n) is 2.79. The molecule has 0 aliphatic heterocycles. The summed E-state index contributed by atoms with van der Waals surface area (Å²) in [7, 11) is 0. The van der Waals surface area contributed by atoms with Crippen molar-refractivity contribution in [3.63, 3.8) is 0 Å². The van der Waals surface area contributed by atoms with Gasteiger partial charge in [0.25, 0.3) is 5.82 Å². The van der Waals surface area contributed by atoms with Gasteiger partial charge in [-0.3, -0.25) is 0 Å². The molecule has 0 aliphatic carbocycles. The largest absolute Gasteiger partial charge is 0.285 e. The fourth-order valence-electron chi connectivity index (χ4n) is 1.87. The van der Waals surface area contributed by atoms with Gasteiger partial charge in [-0.2, -0.15) is 0 Å². The van der Waals surface area contributed by atoms with E-state index < -0.39 is 0 Å². The van der Waals surface area contributed by atoms with Gasteiger partial charge in [-0.15, -0.1) is 0 Å². The second kappa shape index (κ2) is 3.49. The number of hydrogen-bond donors (Lipinski definition) is 1. The van der Waals surface area contributed by atoms with Gasteiger partial charge in [0.1, 0.15) is 0 Å². The zero-order chi connectivity index (χ0) is 11.0. The molecule has 2 N–H and O–H groups in total. The second-order valence-electron chi connectivity index (χ2n) is 4.04. The molecule has 0 atom stereocenters. The van der Waals surface area contributed by atoms with Crippen LogP contribution in [0.25, 0.3) is 22.4 Å². The van der Waals surface area contributed by atoms with Gasteiger partial charge in [-0.05, 0) is 31.2 Å². The van der Waals surface area contributed by atoms with E-state index in [1.165, 1.54) is 11.1 Å². The fourth-order valence-corrected chi connectivity index (χ4v) is 1.87. The Morgan fingerprint density at radius 2 is 1.69 bits per heavy atom. The number of fused-ring (bicyclic) bond motifs is 1. The molecule has 0 fully saturated rings. The molecule has 2 heteroatoms. The van der Waals surface area contributed by atoms with Gasteiger partial charge in [0.05, 0.1) is 5.56 Å². The molecule has 78 valence electrons. The van der Waals surface area contributed by atoms with E-state index in [-0.39, 0.29) is 0 Å². The predicted octanol–water partition coefficient (Wildman–Crippen LogP) is 2.96. The first-order valence-electron chi connectivity index (χ1n) is 5.40. The maximum Gasteiger partial charge on any atom is 0.285 e. The van der Waals surface area contributed by atoms with Crippen molar-refractivity contribution in [2.24, 2.45) is 0 Å². The van der Waals surface area contributed by atoms with E-state index in [9.17, 15) is 0 Å². The minimum atomic E-state index is 1.06. The quantitative estimate of drug-likeness (QED) is 0.638. The summed E-state index contributed by atoms with van der Waals surface area (Å²) < 4.78 is 0. The van der Waals surface area contributed by atoms with Crippen LogP contribution in [0.3, 0.4) is 0 Å². The molecule has 3 aromatic rings. The first-order chi connectivity index (χ1) is 7.83. The molecule has 3 rings (SSSR count). The van der Waals surface area contributed by atoms with Gasteiger partial charge in [0, 0.05) is 0 Å². The van der Waals surface area contributed by atoms with Crippen molar-refractivity contribution in [1.29, 1.82) is 0 Å². The van der Waals surface area contributed by atoms with Gasteiger partial charge in [-0.1, -0.05) is 29.8 Å². The normalized spacial score (nSPS) is 10.8. The lowest BCUT2D eigenvalue weighted by Gasteiger charge is -1.92. The Morgan fingerprint density at radius 3 is 2.44 bits per heavy atom. The number of imidazole rings is 1. The average Bonchev–Trinajstić information content (AvgIpc) is 2.73. The number of hydrogen-bond acceptors (Lipinski definition) is 0. The zero-order valence-electron chi connectivity index (χ0n) is 9.12. The highest BCUT2D eigenvalue weighted by atomic mass is 14.9. The first kappa shape index (κ1) is 9.16. The molecule has 1 heterocycles.